The normalized spacial score (nSPS) is 10.8. The fourth-order valence-corrected chi connectivity index (χ4v) is 1.83. The minimum Gasteiger partial charge on any atom is -0.299 e. The zero-order chi connectivity index (χ0) is 13.1. The van der Waals surface area contributed by atoms with Crippen molar-refractivity contribution in [2.24, 2.45) is 5.92 Å². The van der Waals surface area contributed by atoms with Crippen LogP contribution in [0, 0.1) is 5.92 Å². The molecule has 0 heterocycles. The fourth-order valence-electron chi connectivity index (χ4n) is 1.83. The Bertz CT molecular complexity index is 597. The predicted molar refractivity (Wildman–Crippen MR) is 72.7 cm³/mol. The third kappa shape index (κ3) is 2.65. The largest absolute Gasteiger partial charge is 0.299 e. The summed E-state index contributed by atoms with van der Waals surface area (Å²) in [5.41, 5.74) is 0.614. The van der Waals surface area contributed by atoms with Crippen molar-refractivity contribution < 1.29 is 9.59 Å². The number of benzene rings is 2. The molecule has 0 aromatic heterocycles. The third-order valence-electron chi connectivity index (χ3n) is 3.05. The van der Waals surface area contributed by atoms with Crippen LogP contribution in [0.3, 0.4) is 0 Å². The van der Waals surface area contributed by atoms with E-state index < -0.39 is 0 Å². The van der Waals surface area contributed by atoms with Crippen molar-refractivity contribution in [1.82, 2.24) is 0 Å². The van der Waals surface area contributed by atoms with Crippen LogP contribution in [-0.2, 0) is 4.79 Å². The Balaban J connectivity index is 2.26. The van der Waals surface area contributed by atoms with Gasteiger partial charge in [0.05, 0.1) is 6.42 Å². The van der Waals surface area contributed by atoms with Crippen LogP contribution in [0.5, 0.6) is 0 Å². The number of carbonyl (C=O) groups is 2. The maximum Gasteiger partial charge on any atom is 0.170 e. The molecule has 0 aliphatic rings. The van der Waals surface area contributed by atoms with Gasteiger partial charge in [-0.15, -0.1) is 0 Å². The van der Waals surface area contributed by atoms with Crippen molar-refractivity contribution in [3.63, 3.8) is 0 Å². The topological polar surface area (TPSA) is 34.1 Å². The average Bonchev–Trinajstić information content (AvgIpc) is 2.37. The van der Waals surface area contributed by atoms with Crippen LogP contribution in [0.25, 0.3) is 10.8 Å². The molecule has 2 nitrogen and oxygen atoms in total. The smallest absolute Gasteiger partial charge is 0.170 e. The van der Waals surface area contributed by atoms with Crippen LogP contribution in [0.2, 0.25) is 0 Å². The van der Waals surface area contributed by atoms with Gasteiger partial charge in [0.15, 0.2) is 5.78 Å². The van der Waals surface area contributed by atoms with Gasteiger partial charge in [-0.25, -0.2) is 0 Å². The summed E-state index contributed by atoms with van der Waals surface area (Å²) in [7, 11) is 0. The first-order valence-electron chi connectivity index (χ1n) is 6.12. The van der Waals surface area contributed by atoms with Crippen molar-refractivity contribution in [3.8, 4) is 0 Å². The molecule has 0 unspecified atom stereocenters. The summed E-state index contributed by atoms with van der Waals surface area (Å²) >= 11 is 0. The second-order valence-corrected chi connectivity index (χ2v) is 4.78. The van der Waals surface area contributed by atoms with E-state index in [-0.39, 0.29) is 23.9 Å². The van der Waals surface area contributed by atoms with E-state index >= 15 is 0 Å². The van der Waals surface area contributed by atoms with E-state index in [9.17, 15) is 9.59 Å². The summed E-state index contributed by atoms with van der Waals surface area (Å²) in [6, 6.07) is 13.4. The second-order valence-electron chi connectivity index (χ2n) is 4.78. The summed E-state index contributed by atoms with van der Waals surface area (Å²) in [5, 5.41) is 2.13. The summed E-state index contributed by atoms with van der Waals surface area (Å²) in [4.78, 5) is 23.6. The Kier molecular flexibility index (Phi) is 3.56. The molecule has 0 aliphatic heterocycles. The van der Waals surface area contributed by atoms with Gasteiger partial charge in [-0.05, 0) is 16.8 Å². The van der Waals surface area contributed by atoms with Gasteiger partial charge in [-0.3, -0.25) is 9.59 Å². The lowest BCUT2D eigenvalue weighted by molar-refractivity contribution is -0.121. The zero-order valence-electron chi connectivity index (χ0n) is 10.6. The molecule has 0 radical (unpaired) electrons. The van der Waals surface area contributed by atoms with E-state index in [2.05, 4.69) is 0 Å². The van der Waals surface area contributed by atoms with Gasteiger partial charge in [0.2, 0.25) is 0 Å². The quantitative estimate of drug-likeness (QED) is 0.604. The summed E-state index contributed by atoms with van der Waals surface area (Å²) in [6.45, 7) is 3.63. The average molecular weight is 240 g/mol. The molecular formula is C16H16O2. The van der Waals surface area contributed by atoms with E-state index in [0.29, 0.717) is 5.56 Å². The van der Waals surface area contributed by atoms with Crippen molar-refractivity contribution >= 4 is 22.3 Å². The first-order valence-corrected chi connectivity index (χ1v) is 6.12. The Morgan fingerprint density at radius 1 is 1.00 bits per heavy atom. The maximum atomic E-state index is 12.0. The highest BCUT2D eigenvalue weighted by molar-refractivity contribution is 6.09. The van der Waals surface area contributed by atoms with Crippen molar-refractivity contribution in [3.05, 3.63) is 48.0 Å². The monoisotopic (exact) mass is 240 g/mol. The molecule has 2 aromatic rings. The summed E-state index contributed by atoms with van der Waals surface area (Å²) in [5.74, 6) is -0.193. The van der Waals surface area contributed by atoms with E-state index in [0.717, 1.165) is 10.8 Å². The van der Waals surface area contributed by atoms with Gasteiger partial charge < -0.3 is 0 Å². The van der Waals surface area contributed by atoms with Crippen molar-refractivity contribution in [2.75, 3.05) is 0 Å². The Morgan fingerprint density at radius 3 is 2.33 bits per heavy atom. The number of carbonyl (C=O) groups excluding carboxylic acids is 2. The molecule has 0 aliphatic carbocycles. The van der Waals surface area contributed by atoms with Gasteiger partial charge in [0.1, 0.15) is 5.78 Å². The molecule has 0 amide bonds. The Morgan fingerprint density at radius 2 is 1.67 bits per heavy atom. The van der Waals surface area contributed by atoms with Gasteiger partial charge >= 0.3 is 0 Å². The summed E-state index contributed by atoms with van der Waals surface area (Å²) in [6.07, 6.45) is -0.00396. The highest BCUT2D eigenvalue weighted by atomic mass is 16.1. The molecule has 92 valence electrons. The van der Waals surface area contributed by atoms with Crippen LogP contribution >= 0.6 is 0 Å². The molecule has 2 heteroatoms. The van der Waals surface area contributed by atoms with Crippen LogP contribution in [0.15, 0.2) is 42.5 Å². The van der Waals surface area contributed by atoms with Crippen LogP contribution in [0.1, 0.15) is 30.6 Å². The minimum absolute atomic E-state index is 0.00396. The molecule has 0 fully saturated rings. The number of rotatable bonds is 4. The van der Waals surface area contributed by atoms with E-state index in [1.54, 1.807) is 6.07 Å². The van der Waals surface area contributed by atoms with Crippen LogP contribution < -0.4 is 0 Å². The minimum atomic E-state index is -0.0977. The van der Waals surface area contributed by atoms with E-state index in [4.69, 9.17) is 0 Å². The second kappa shape index (κ2) is 5.13. The molecule has 18 heavy (non-hydrogen) atoms. The van der Waals surface area contributed by atoms with E-state index in [1.165, 1.54) is 0 Å². The molecule has 0 saturated heterocycles. The highest BCUT2D eigenvalue weighted by Gasteiger charge is 2.14. The van der Waals surface area contributed by atoms with Gasteiger partial charge in [0, 0.05) is 11.5 Å². The molecule has 0 N–H and O–H groups in total. The van der Waals surface area contributed by atoms with Gasteiger partial charge in [-0.2, -0.15) is 0 Å². The predicted octanol–water partition coefficient (Wildman–Crippen LogP) is 3.64. The van der Waals surface area contributed by atoms with E-state index in [1.807, 2.05) is 50.2 Å². The van der Waals surface area contributed by atoms with Crippen LogP contribution in [-0.4, -0.2) is 11.6 Å². The van der Waals surface area contributed by atoms with Crippen molar-refractivity contribution in [2.45, 2.75) is 20.3 Å². The third-order valence-corrected chi connectivity index (χ3v) is 3.05. The highest BCUT2D eigenvalue weighted by Crippen LogP contribution is 2.17. The molecule has 0 atom stereocenters. The Hall–Kier alpha value is -1.96. The molecule has 0 spiro atoms. The zero-order valence-corrected chi connectivity index (χ0v) is 10.6. The number of fused-ring (bicyclic) bond motifs is 1. The van der Waals surface area contributed by atoms with Crippen molar-refractivity contribution in [1.29, 1.82) is 0 Å². The first kappa shape index (κ1) is 12.5. The SMILES string of the molecule is CC(C)C(=O)CC(=O)c1ccc2ccccc2c1. The maximum absolute atomic E-state index is 12.0. The van der Waals surface area contributed by atoms with Gasteiger partial charge in [-0.1, -0.05) is 50.2 Å². The molecule has 2 aromatic carbocycles. The lowest BCUT2D eigenvalue weighted by Crippen LogP contribution is -2.13. The number of Topliss-reactive ketones (excluding diaryl/α,β-unsaturated/α-hetero) is 2. The summed E-state index contributed by atoms with van der Waals surface area (Å²) < 4.78 is 0. The van der Waals surface area contributed by atoms with Crippen LogP contribution in [0.4, 0.5) is 0 Å². The lowest BCUT2D eigenvalue weighted by Gasteiger charge is -2.05. The standard InChI is InChI=1S/C16H16O2/c1-11(2)15(17)10-16(18)14-8-7-12-5-3-4-6-13(12)9-14/h3-9,11H,10H2,1-2H3. The molecule has 0 bridgehead atoms. The number of hydrogen-bond donors (Lipinski definition) is 0. The molecular weight excluding hydrogens is 224 g/mol. The Labute approximate surface area is 107 Å². The lowest BCUT2D eigenvalue weighted by atomic mass is 9.98. The number of ketones is 2. The fraction of sp³-hybridized carbons (Fsp3) is 0.250. The number of hydrogen-bond acceptors (Lipinski definition) is 2. The molecule has 2 rings (SSSR count). The first-order chi connectivity index (χ1) is 8.58. The molecule has 0 saturated carbocycles. The van der Waals surface area contributed by atoms with Gasteiger partial charge in [0.25, 0.3) is 0 Å².